The lowest BCUT2D eigenvalue weighted by Gasteiger charge is -2.23. The summed E-state index contributed by atoms with van der Waals surface area (Å²) in [6, 6.07) is 0. The maximum atomic E-state index is 9.89. The number of nitrogens with zero attached hydrogens (tertiary/aromatic N) is 1. The number of rotatable bonds is 5. The highest BCUT2D eigenvalue weighted by Crippen LogP contribution is 2.21. The molecule has 1 rings (SSSR count). The molecule has 3 nitrogen and oxygen atoms in total. The molecule has 0 aromatic rings. The van der Waals surface area contributed by atoms with Gasteiger partial charge in [0.25, 0.3) is 0 Å². The zero-order valence-electron chi connectivity index (χ0n) is 11.2. The van der Waals surface area contributed by atoms with E-state index >= 15 is 0 Å². The van der Waals surface area contributed by atoms with E-state index in [4.69, 9.17) is 4.74 Å². The average Bonchev–Trinajstić information content (AvgIpc) is 2.61. The first-order valence-corrected chi connectivity index (χ1v) is 6.45. The van der Waals surface area contributed by atoms with Gasteiger partial charge in [0.1, 0.15) is 0 Å². The van der Waals surface area contributed by atoms with Gasteiger partial charge in [-0.15, -0.1) is 0 Å². The number of ether oxygens (including phenoxy) is 1. The van der Waals surface area contributed by atoms with Crippen molar-refractivity contribution in [1.82, 2.24) is 4.90 Å². The van der Waals surface area contributed by atoms with Crippen molar-refractivity contribution in [2.24, 2.45) is 5.92 Å². The zero-order valence-corrected chi connectivity index (χ0v) is 11.2. The molecule has 0 spiro atoms. The van der Waals surface area contributed by atoms with Crippen LogP contribution < -0.4 is 0 Å². The van der Waals surface area contributed by atoms with Gasteiger partial charge in [-0.05, 0) is 52.6 Å². The van der Waals surface area contributed by atoms with Crippen LogP contribution in [0.3, 0.4) is 0 Å². The van der Waals surface area contributed by atoms with Gasteiger partial charge < -0.3 is 14.7 Å². The van der Waals surface area contributed by atoms with Crippen LogP contribution in [0.2, 0.25) is 0 Å². The van der Waals surface area contributed by atoms with Crippen LogP contribution in [0.15, 0.2) is 0 Å². The molecule has 0 bridgehead atoms. The van der Waals surface area contributed by atoms with Crippen molar-refractivity contribution in [2.75, 3.05) is 26.2 Å². The summed E-state index contributed by atoms with van der Waals surface area (Å²) < 4.78 is 5.59. The highest BCUT2D eigenvalue weighted by atomic mass is 16.5. The van der Waals surface area contributed by atoms with Crippen LogP contribution >= 0.6 is 0 Å². The Morgan fingerprint density at radius 2 is 2.12 bits per heavy atom. The van der Waals surface area contributed by atoms with Gasteiger partial charge in [-0.2, -0.15) is 0 Å². The Morgan fingerprint density at radius 3 is 2.62 bits per heavy atom. The van der Waals surface area contributed by atoms with Crippen molar-refractivity contribution < 1.29 is 9.84 Å². The second kappa shape index (κ2) is 5.99. The molecule has 1 fully saturated rings. The smallest absolute Gasteiger partial charge is 0.0777 e. The fraction of sp³-hybridized carbons (Fsp3) is 1.00. The van der Waals surface area contributed by atoms with Crippen LogP contribution in [0.25, 0.3) is 0 Å². The molecule has 2 atom stereocenters. The molecule has 0 aromatic heterocycles. The summed E-state index contributed by atoms with van der Waals surface area (Å²) in [7, 11) is 0. The van der Waals surface area contributed by atoms with Crippen LogP contribution in [0.4, 0.5) is 0 Å². The van der Waals surface area contributed by atoms with Gasteiger partial charge in [-0.3, -0.25) is 0 Å². The van der Waals surface area contributed by atoms with E-state index in [9.17, 15) is 5.11 Å². The standard InChI is InChI=1S/C13H27NO2/c1-5-14-7-6-11(9-14)8-12(15)10-16-13(2,3)4/h11-12,15H,5-10H2,1-4H3. The van der Waals surface area contributed by atoms with Gasteiger partial charge >= 0.3 is 0 Å². The average molecular weight is 229 g/mol. The predicted molar refractivity (Wildman–Crippen MR) is 66.5 cm³/mol. The molecule has 96 valence electrons. The van der Waals surface area contributed by atoms with Crippen molar-refractivity contribution in [1.29, 1.82) is 0 Å². The number of aliphatic hydroxyl groups excluding tert-OH is 1. The molecule has 1 aliphatic rings. The third-order valence-electron chi connectivity index (χ3n) is 3.13. The van der Waals surface area contributed by atoms with Crippen molar-refractivity contribution in [2.45, 2.75) is 52.2 Å². The fourth-order valence-corrected chi connectivity index (χ4v) is 2.19. The van der Waals surface area contributed by atoms with Crippen molar-refractivity contribution in [3.63, 3.8) is 0 Å². The van der Waals surface area contributed by atoms with Gasteiger partial charge in [0.15, 0.2) is 0 Å². The number of hydrogen-bond donors (Lipinski definition) is 1. The van der Waals surface area contributed by atoms with Gasteiger partial charge in [0, 0.05) is 6.54 Å². The van der Waals surface area contributed by atoms with Crippen molar-refractivity contribution in [3.8, 4) is 0 Å². The van der Waals surface area contributed by atoms with E-state index in [2.05, 4.69) is 11.8 Å². The lowest BCUT2D eigenvalue weighted by molar-refractivity contribution is -0.0538. The van der Waals surface area contributed by atoms with E-state index in [1.807, 2.05) is 20.8 Å². The summed E-state index contributed by atoms with van der Waals surface area (Å²) in [5.41, 5.74) is -0.147. The molecule has 1 saturated heterocycles. The number of hydrogen-bond acceptors (Lipinski definition) is 3. The van der Waals surface area contributed by atoms with E-state index in [-0.39, 0.29) is 11.7 Å². The maximum absolute atomic E-state index is 9.89. The minimum Gasteiger partial charge on any atom is -0.391 e. The van der Waals surface area contributed by atoms with Gasteiger partial charge in [0.05, 0.1) is 18.3 Å². The van der Waals surface area contributed by atoms with Crippen LogP contribution in [-0.2, 0) is 4.74 Å². The summed E-state index contributed by atoms with van der Waals surface area (Å²) in [5, 5.41) is 9.89. The first-order chi connectivity index (χ1) is 7.40. The van der Waals surface area contributed by atoms with E-state index < -0.39 is 0 Å². The number of aliphatic hydroxyl groups is 1. The van der Waals surface area contributed by atoms with E-state index in [1.165, 1.54) is 13.0 Å². The second-order valence-electron chi connectivity index (χ2n) is 5.86. The highest BCUT2D eigenvalue weighted by molar-refractivity contribution is 4.77. The Balaban J connectivity index is 2.17. The molecule has 0 amide bonds. The van der Waals surface area contributed by atoms with Crippen LogP contribution in [0, 0.1) is 5.92 Å². The van der Waals surface area contributed by atoms with Crippen LogP contribution in [0.1, 0.15) is 40.5 Å². The van der Waals surface area contributed by atoms with Gasteiger partial charge in [0.2, 0.25) is 0 Å². The third kappa shape index (κ3) is 5.28. The second-order valence-corrected chi connectivity index (χ2v) is 5.86. The molecular weight excluding hydrogens is 202 g/mol. The summed E-state index contributed by atoms with van der Waals surface area (Å²) >= 11 is 0. The molecule has 16 heavy (non-hydrogen) atoms. The Hall–Kier alpha value is -0.120. The maximum Gasteiger partial charge on any atom is 0.0777 e. The molecule has 1 aliphatic heterocycles. The zero-order chi connectivity index (χ0) is 12.2. The Bertz CT molecular complexity index is 201. The van der Waals surface area contributed by atoms with Gasteiger partial charge in [-0.25, -0.2) is 0 Å². The predicted octanol–water partition coefficient (Wildman–Crippen LogP) is 1.89. The topological polar surface area (TPSA) is 32.7 Å². The molecule has 0 aliphatic carbocycles. The molecule has 2 unspecified atom stereocenters. The first kappa shape index (κ1) is 13.9. The van der Waals surface area contributed by atoms with E-state index in [1.54, 1.807) is 0 Å². The highest BCUT2D eigenvalue weighted by Gasteiger charge is 2.24. The van der Waals surface area contributed by atoms with E-state index in [0.717, 1.165) is 19.5 Å². The Labute approximate surface area is 99.8 Å². The van der Waals surface area contributed by atoms with Gasteiger partial charge in [-0.1, -0.05) is 6.92 Å². The summed E-state index contributed by atoms with van der Waals surface area (Å²) in [5.74, 6) is 0.651. The van der Waals surface area contributed by atoms with Crippen molar-refractivity contribution in [3.05, 3.63) is 0 Å². The largest absolute Gasteiger partial charge is 0.391 e. The molecular formula is C13H27NO2. The van der Waals surface area contributed by atoms with Crippen LogP contribution in [0.5, 0.6) is 0 Å². The normalized spacial score (nSPS) is 24.9. The quantitative estimate of drug-likeness (QED) is 0.781. The lowest BCUT2D eigenvalue weighted by atomic mass is 10.0. The molecule has 1 heterocycles. The summed E-state index contributed by atoms with van der Waals surface area (Å²) in [4.78, 5) is 2.45. The third-order valence-corrected chi connectivity index (χ3v) is 3.13. The van der Waals surface area contributed by atoms with Crippen molar-refractivity contribution >= 4 is 0 Å². The fourth-order valence-electron chi connectivity index (χ4n) is 2.19. The van der Waals surface area contributed by atoms with E-state index in [0.29, 0.717) is 12.5 Å². The summed E-state index contributed by atoms with van der Waals surface area (Å²) in [6.07, 6.45) is 1.80. The molecule has 1 N–H and O–H groups in total. The number of likely N-dealkylation sites (tertiary alicyclic amines) is 1. The molecule has 0 saturated carbocycles. The summed E-state index contributed by atoms with van der Waals surface area (Å²) in [6.45, 7) is 12.2. The SMILES string of the molecule is CCN1CCC(CC(O)COC(C)(C)C)C1. The lowest BCUT2D eigenvalue weighted by Crippen LogP contribution is -2.28. The Morgan fingerprint density at radius 1 is 1.44 bits per heavy atom. The minimum absolute atomic E-state index is 0.147. The minimum atomic E-state index is -0.305. The molecule has 3 heteroatoms. The first-order valence-electron chi connectivity index (χ1n) is 6.45. The Kier molecular flexibility index (Phi) is 5.22. The monoisotopic (exact) mass is 229 g/mol. The molecule has 0 radical (unpaired) electrons. The van der Waals surface area contributed by atoms with Crippen LogP contribution in [-0.4, -0.2) is 48.0 Å². The molecule has 0 aromatic carbocycles.